The number of ether oxygens (including phenoxy) is 1. The van der Waals surface area contributed by atoms with Crippen molar-refractivity contribution in [3.8, 4) is 17.2 Å². The van der Waals surface area contributed by atoms with Crippen LogP contribution in [0.25, 0.3) is 6.08 Å². The number of aromatic hydroxyl groups is 1. The number of allylic oxidation sites excluding steroid dienone is 1. The third-order valence-corrected chi connectivity index (χ3v) is 4.21. The molecule has 0 heterocycles. The first-order chi connectivity index (χ1) is 13.0. The van der Waals surface area contributed by atoms with Gasteiger partial charge >= 0.3 is 0 Å². The molecule has 0 unspecified atom stereocenters. The minimum Gasteiger partial charge on any atom is -0.504 e. The normalized spacial score (nSPS) is 10.7. The summed E-state index contributed by atoms with van der Waals surface area (Å²) in [6.07, 6.45) is 2.92. The van der Waals surface area contributed by atoms with Gasteiger partial charge < -0.3 is 9.84 Å². The summed E-state index contributed by atoms with van der Waals surface area (Å²) in [5.41, 5.74) is 0.113. The number of benzene rings is 2. The minimum absolute atomic E-state index is 0.0582. The second-order valence-electron chi connectivity index (χ2n) is 5.67. The van der Waals surface area contributed by atoms with E-state index in [-0.39, 0.29) is 5.56 Å². The maximum atomic E-state index is 12.4. The van der Waals surface area contributed by atoms with Crippen LogP contribution in [-0.4, -0.2) is 10.9 Å². The molecule has 5 heteroatoms. The Morgan fingerprint density at radius 3 is 2.30 bits per heavy atom. The quantitative estimate of drug-likeness (QED) is 0.453. The molecule has 27 heavy (non-hydrogen) atoms. The molecule has 0 aromatic heterocycles. The van der Waals surface area contributed by atoms with Crippen LogP contribution in [0, 0.1) is 0 Å². The molecular formula is C22H15BrO4. The van der Waals surface area contributed by atoms with Crippen molar-refractivity contribution in [2.45, 2.75) is 0 Å². The highest BCUT2D eigenvalue weighted by Gasteiger charge is 2.10. The molecule has 0 aliphatic rings. The minimum atomic E-state index is -0.611. The van der Waals surface area contributed by atoms with Crippen LogP contribution in [0.4, 0.5) is 0 Å². The van der Waals surface area contributed by atoms with Crippen molar-refractivity contribution in [2.24, 2.45) is 0 Å². The monoisotopic (exact) mass is 422 g/mol. The van der Waals surface area contributed by atoms with E-state index in [2.05, 4.69) is 15.9 Å². The lowest BCUT2D eigenvalue weighted by Crippen LogP contribution is -2.01. The lowest BCUT2D eigenvalue weighted by atomic mass is 10.1. The average Bonchev–Trinajstić information content (AvgIpc) is 2.81. The highest BCUT2D eigenvalue weighted by Crippen LogP contribution is 2.22. The molecule has 0 aliphatic carbocycles. The number of halogens is 1. The molecule has 3 rings (SSSR count). The van der Waals surface area contributed by atoms with Gasteiger partial charge in [-0.15, -0.1) is 0 Å². The zero-order valence-electron chi connectivity index (χ0n) is 14.1. The van der Waals surface area contributed by atoms with Gasteiger partial charge in [-0.25, -0.2) is 0 Å². The third kappa shape index (κ3) is 4.92. The third-order valence-electron chi connectivity index (χ3n) is 3.72. The summed E-state index contributed by atoms with van der Waals surface area (Å²) in [6, 6.07) is 20.7. The van der Waals surface area contributed by atoms with E-state index >= 15 is 0 Å². The van der Waals surface area contributed by atoms with E-state index in [0.717, 1.165) is 11.3 Å². The van der Waals surface area contributed by atoms with Crippen LogP contribution in [0.1, 0.15) is 15.9 Å². The van der Waals surface area contributed by atoms with E-state index in [0.29, 0.717) is 10.2 Å². The maximum absolute atomic E-state index is 12.4. The second-order valence-corrected chi connectivity index (χ2v) is 6.59. The van der Waals surface area contributed by atoms with E-state index < -0.39 is 17.0 Å². The van der Waals surface area contributed by atoms with E-state index in [1.54, 1.807) is 18.2 Å². The Morgan fingerprint density at radius 1 is 0.926 bits per heavy atom. The standard InChI is InChI=1S/C22H15BrO4/c23-16-9-13-21(25)22(26)19(14-16)20(24)12-8-15-6-10-18(11-7-15)27-17-4-2-1-3-5-17/h1-14H,(H,25,26)/b12-8+. The molecule has 0 saturated heterocycles. The molecule has 0 spiro atoms. The molecule has 0 amide bonds. The highest BCUT2D eigenvalue weighted by molar-refractivity contribution is 9.10. The zero-order valence-corrected chi connectivity index (χ0v) is 15.7. The van der Waals surface area contributed by atoms with Crippen molar-refractivity contribution < 1.29 is 14.6 Å². The first-order valence-corrected chi connectivity index (χ1v) is 8.90. The smallest absolute Gasteiger partial charge is 0.220 e. The number of rotatable bonds is 5. The number of para-hydroxylation sites is 1. The molecule has 4 nitrogen and oxygen atoms in total. The molecule has 0 fully saturated rings. The molecule has 3 aromatic rings. The van der Waals surface area contributed by atoms with Crippen molar-refractivity contribution in [1.82, 2.24) is 0 Å². The van der Waals surface area contributed by atoms with Gasteiger partial charge in [-0.05, 0) is 54.1 Å². The molecule has 0 radical (unpaired) electrons. The topological polar surface area (TPSA) is 63.6 Å². The fraction of sp³-hybridized carbons (Fsp3) is 0. The summed E-state index contributed by atoms with van der Waals surface area (Å²) >= 11 is 3.22. The molecule has 0 bridgehead atoms. The first kappa shape index (κ1) is 18.6. The summed E-state index contributed by atoms with van der Waals surface area (Å²) < 4.78 is 6.24. The van der Waals surface area contributed by atoms with Gasteiger partial charge in [0.1, 0.15) is 11.5 Å². The molecule has 0 saturated carbocycles. The Labute approximate surface area is 164 Å². The van der Waals surface area contributed by atoms with Gasteiger partial charge in [-0.1, -0.05) is 52.3 Å². The van der Waals surface area contributed by atoms with Crippen molar-refractivity contribution in [1.29, 1.82) is 0 Å². The Hall–Kier alpha value is -3.18. The van der Waals surface area contributed by atoms with Crippen LogP contribution in [0.3, 0.4) is 0 Å². The largest absolute Gasteiger partial charge is 0.504 e. The van der Waals surface area contributed by atoms with Gasteiger partial charge in [0.25, 0.3) is 0 Å². The molecule has 0 aliphatic heterocycles. The van der Waals surface area contributed by atoms with Gasteiger partial charge in [0.2, 0.25) is 5.43 Å². The van der Waals surface area contributed by atoms with E-state index in [4.69, 9.17) is 4.74 Å². The second kappa shape index (κ2) is 8.47. The Kier molecular flexibility index (Phi) is 5.84. The van der Waals surface area contributed by atoms with Crippen LogP contribution in [0.5, 0.6) is 17.2 Å². The average molecular weight is 423 g/mol. The Bertz CT molecular complexity index is 1040. The van der Waals surface area contributed by atoms with Gasteiger partial charge in [0.05, 0.1) is 5.56 Å². The maximum Gasteiger partial charge on any atom is 0.220 e. The number of carbonyl (C=O) groups is 1. The summed E-state index contributed by atoms with van der Waals surface area (Å²) in [5, 5.41) is 9.92. The predicted octanol–water partition coefficient (Wildman–Crippen LogP) is 5.20. The van der Waals surface area contributed by atoms with Gasteiger partial charge in [-0.3, -0.25) is 9.59 Å². The molecule has 3 aromatic carbocycles. The lowest BCUT2D eigenvalue weighted by Gasteiger charge is -2.05. The molecular weight excluding hydrogens is 408 g/mol. The van der Waals surface area contributed by atoms with E-state index in [1.165, 1.54) is 24.3 Å². The van der Waals surface area contributed by atoms with Crippen molar-refractivity contribution in [3.63, 3.8) is 0 Å². The summed E-state index contributed by atoms with van der Waals surface area (Å²) in [5.74, 6) is 0.382. The fourth-order valence-electron chi connectivity index (χ4n) is 2.34. The highest BCUT2D eigenvalue weighted by atomic mass is 79.9. The molecule has 1 N–H and O–H groups in total. The van der Waals surface area contributed by atoms with E-state index in [1.807, 2.05) is 42.5 Å². The Morgan fingerprint density at radius 2 is 1.59 bits per heavy atom. The van der Waals surface area contributed by atoms with Crippen molar-refractivity contribution >= 4 is 27.8 Å². The number of carbonyl (C=O) groups excluding carboxylic acids is 1. The molecule has 134 valence electrons. The van der Waals surface area contributed by atoms with Gasteiger partial charge in [-0.2, -0.15) is 0 Å². The lowest BCUT2D eigenvalue weighted by molar-refractivity contribution is 0.104. The SMILES string of the molecule is O=C(/C=C/c1ccc(Oc2ccccc2)cc1)c1cc(Br)ccc(=O)c1O. The Balaban J connectivity index is 1.76. The first-order valence-electron chi connectivity index (χ1n) is 8.11. The fourth-order valence-corrected chi connectivity index (χ4v) is 2.70. The summed E-state index contributed by atoms with van der Waals surface area (Å²) in [6.45, 7) is 0. The van der Waals surface area contributed by atoms with Gasteiger partial charge in [0, 0.05) is 4.47 Å². The summed E-state index contributed by atoms with van der Waals surface area (Å²) in [7, 11) is 0. The number of hydrogen-bond donors (Lipinski definition) is 1. The van der Waals surface area contributed by atoms with Crippen LogP contribution < -0.4 is 10.2 Å². The van der Waals surface area contributed by atoms with Crippen LogP contribution in [-0.2, 0) is 0 Å². The van der Waals surface area contributed by atoms with Crippen LogP contribution >= 0.6 is 15.9 Å². The van der Waals surface area contributed by atoms with Crippen LogP contribution in [0.2, 0.25) is 0 Å². The van der Waals surface area contributed by atoms with E-state index in [9.17, 15) is 14.7 Å². The zero-order chi connectivity index (χ0) is 19.2. The van der Waals surface area contributed by atoms with Gasteiger partial charge in [0.15, 0.2) is 11.5 Å². The predicted molar refractivity (Wildman–Crippen MR) is 108 cm³/mol. The number of hydrogen-bond acceptors (Lipinski definition) is 4. The molecule has 0 atom stereocenters. The van der Waals surface area contributed by atoms with Crippen molar-refractivity contribution in [2.75, 3.05) is 0 Å². The number of ketones is 1. The van der Waals surface area contributed by atoms with Crippen LogP contribution in [0.15, 0.2) is 88.1 Å². The summed E-state index contributed by atoms with van der Waals surface area (Å²) in [4.78, 5) is 24.1. The van der Waals surface area contributed by atoms with Crippen molar-refractivity contribution in [3.05, 3.63) is 105 Å².